The molecule has 0 radical (unpaired) electrons. The van der Waals surface area contributed by atoms with Crippen LogP contribution in [-0.4, -0.2) is 21.7 Å². The Morgan fingerprint density at radius 1 is 1.12 bits per heavy atom. The molecule has 1 aromatic carbocycles. The molecule has 1 N–H and O–H groups in total. The maximum atomic E-state index is 13.1. The first-order valence-corrected chi connectivity index (χ1v) is 8.37. The first-order chi connectivity index (χ1) is 11.8. The number of nitrogens with zero attached hydrogens (tertiary/aromatic N) is 3. The fourth-order valence-corrected chi connectivity index (χ4v) is 3.19. The SMILES string of the molecule is Fc1ccc(-c2noc3ncnc(NCCc4ccsc4)c23)cc1. The minimum Gasteiger partial charge on any atom is -0.369 e. The Kier molecular flexibility index (Phi) is 3.92. The molecule has 0 saturated heterocycles. The lowest BCUT2D eigenvalue weighted by atomic mass is 10.1. The molecule has 120 valence electrons. The van der Waals surface area contributed by atoms with Gasteiger partial charge in [-0.3, -0.25) is 0 Å². The number of nitrogens with one attached hydrogen (secondary N) is 1. The molecule has 4 aromatic rings. The van der Waals surface area contributed by atoms with Crippen LogP contribution in [0.5, 0.6) is 0 Å². The third-order valence-electron chi connectivity index (χ3n) is 3.68. The molecule has 0 fully saturated rings. The number of hydrogen-bond acceptors (Lipinski definition) is 6. The summed E-state index contributed by atoms with van der Waals surface area (Å²) in [5.74, 6) is 0.368. The molecule has 0 unspecified atom stereocenters. The average Bonchev–Trinajstić information content (AvgIpc) is 3.25. The molecule has 0 spiro atoms. The van der Waals surface area contributed by atoms with Gasteiger partial charge in [0.1, 0.15) is 29.0 Å². The molecule has 0 bridgehead atoms. The van der Waals surface area contributed by atoms with E-state index in [1.807, 2.05) is 0 Å². The van der Waals surface area contributed by atoms with E-state index >= 15 is 0 Å². The summed E-state index contributed by atoms with van der Waals surface area (Å²) in [7, 11) is 0. The first kappa shape index (κ1) is 14.8. The average molecular weight is 340 g/mol. The van der Waals surface area contributed by atoms with Gasteiger partial charge in [0.2, 0.25) is 0 Å². The van der Waals surface area contributed by atoms with Gasteiger partial charge >= 0.3 is 0 Å². The summed E-state index contributed by atoms with van der Waals surface area (Å²) >= 11 is 1.68. The molecule has 3 heterocycles. The second-order valence-corrected chi connectivity index (χ2v) is 6.03. The highest BCUT2D eigenvalue weighted by Gasteiger charge is 2.16. The minimum atomic E-state index is -0.295. The van der Waals surface area contributed by atoms with Crippen LogP contribution in [0.1, 0.15) is 5.56 Å². The summed E-state index contributed by atoms with van der Waals surface area (Å²) in [6.45, 7) is 0.733. The van der Waals surface area contributed by atoms with Crippen molar-refractivity contribution in [3.63, 3.8) is 0 Å². The lowest BCUT2D eigenvalue weighted by Gasteiger charge is -2.06. The van der Waals surface area contributed by atoms with Crippen LogP contribution >= 0.6 is 11.3 Å². The van der Waals surface area contributed by atoms with E-state index in [1.165, 1.54) is 24.0 Å². The van der Waals surface area contributed by atoms with Crippen molar-refractivity contribution in [1.29, 1.82) is 0 Å². The van der Waals surface area contributed by atoms with Crippen LogP contribution in [0.15, 0.2) is 51.9 Å². The van der Waals surface area contributed by atoms with Crippen LogP contribution in [0.3, 0.4) is 0 Å². The molecule has 0 atom stereocenters. The lowest BCUT2D eigenvalue weighted by molar-refractivity contribution is 0.451. The molecule has 0 saturated carbocycles. The van der Waals surface area contributed by atoms with E-state index in [0.717, 1.165) is 18.5 Å². The predicted molar refractivity (Wildman–Crippen MR) is 91.5 cm³/mol. The monoisotopic (exact) mass is 340 g/mol. The number of thiophene rings is 1. The zero-order chi connectivity index (χ0) is 16.4. The fraction of sp³-hybridized carbons (Fsp3) is 0.118. The van der Waals surface area contributed by atoms with Crippen LogP contribution < -0.4 is 5.32 Å². The van der Waals surface area contributed by atoms with Crippen LogP contribution in [0.2, 0.25) is 0 Å². The quantitative estimate of drug-likeness (QED) is 0.591. The molecule has 0 aliphatic carbocycles. The van der Waals surface area contributed by atoms with E-state index in [9.17, 15) is 4.39 Å². The minimum absolute atomic E-state index is 0.295. The van der Waals surface area contributed by atoms with Crippen molar-refractivity contribution < 1.29 is 8.91 Å². The largest absolute Gasteiger partial charge is 0.369 e. The predicted octanol–water partition coefficient (Wildman–Crippen LogP) is 4.14. The zero-order valence-electron chi connectivity index (χ0n) is 12.6. The number of halogens is 1. The molecule has 3 aromatic heterocycles. The van der Waals surface area contributed by atoms with Gasteiger partial charge in [0, 0.05) is 12.1 Å². The summed E-state index contributed by atoms with van der Waals surface area (Å²) in [5.41, 5.74) is 3.04. The Morgan fingerprint density at radius 3 is 2.79 bits per heavy atom. The van der Waals surface area contributed by atoms with Gasteiger partial charge in [-0.05, 0) is 53.1 Å². The third kappa shape index (κ3) is 2.85. The molecule has 24 heavy (non-hydrogen) atoms. The topological polar surface area (TPSA) is 63.8 Å². The smallest absolute Gasteiger partial charge is 0.263 e. The van der Waals surface area contributed by atoms with E-state index in [-0.39, 0.29) is 5.82 Å². The Morgan fingerprint density at radius 2 is 2.00 bits per heavy atom. The molecule has 7 heteroatoms. The summed E-state index contributed by atoms with van der Waals surface area (Å²) in [6.07, 6.45) is 2.33. The highest BCUT2D eigenvalue weighted by Crippen LogP contribution is 2.31. The molecule has 0 amide bonds. The molecule has 0 aliphatic rings. The van der Waals surface area contributed by atoms with Crippen molar-refractivity contribution in [1.82, 2.24) is 15.1 Å². The molecular formula is C17H13FN4OS. The van der Waals surface area contributed by atoms with E-state index < -0.39 is 0 Å². The van der Waals surface area contributed by atoms with E-state index in [1.54, 1.807) is 23.5 Å². The Balaban J connectivity index is 1.65. The Labute approximate surface area is 141 Å². The van der Waals surface area contributed by atoms with Crippen molar-refractivity contribution in [3.8, 4) is 11.3 Å². The van der Waals surface area contributed by atoms with Gasteiger partial charge in [-0.2, -0.15) is 16.3 Å². The maximum absolute atomic E-state index is 13.1. The normalized spacial score (nSPS) is 11.0. The Hall–Kier alpha value is -2.80. The van der Waals surface area contributed by atoms with E-state index in [0.29, 0.717) is 22.6 Å². The molecular weight excluding hydrogens is 327 g/mol. The number of aromatic nitrogens is 3. The first-order valence-electron chi connectivity index (χ1n) is 7.42. The van der Waals surface area contributed by atoms with Crippen LogP contribution in [0.4, 0.5) is 10.2 Å². The molecule has 5 nitrogen and oxygen atoms in total. The van der Waals surface area contributed by atoms with Crippen molar-refractivity contribution in [2.75, 3.05) is 11.9 Å². The van der Waals surface area contributed by atoms with Crippen LogP contribution in [-0.2, 0) is 6.42 Å². The van der Waals surface area contributed by atoms with Crippen molar-refractivity contribution >= 4 is 28.3 Å². The van der Waals surface area contributed by atoms with E-state index in [4.69, 9.17) is 4.52 Å². The van der Waals surface area contributed by atoms with E-state index in [2.05, 4.69) is 37.3 Å². The summed E-state index contributed by atoms with van der Waals surface area (Å²) in [6, 6.07) is 8.21. The fourth-order valence-electron chi connectivity index (χ4n) is 2.49. The van der Waals surface area contributed by atoms with Gasteiger partial charge in [0.25, 0.3) is 5.71 Å². The highest BCUT2D eigenvalue weighted by atomic mass is 32.1. The number of fused-ring (bicyclic) bond motifs is 1. The van der Waals surface area contributed by atoms with Gasteiger partial charge in [0.05, 0.1) is 0 Å². The van der Waals surface area contributed by atoms with Crippen molar-refractivity contribution in [3.05, 3.63) is 58.8 Å². The van der Waals surface area contributed by atoms with Gasteiger partial charge in [0.15, 0.2) is 0 Å². The Bertz CT molecular complexity index is 951. The number of anilines is 1. The third-order valence-corrected chi connectivity index (χ3v) is 4.41. The summed E-state index contributed by atoms with van der Waals surface area (Å²) in [4.78, 5) is 8.42. The standard InChI is InChI=1S/C17H13FN4OS/c18-13-3-1-12(2-4-13)15-14-16(20-10-21-17(14)23-22-15)19-7-5-11-6-8-24-9-11/h1-4,6,8-10H,5,7H2,(H,19,20,21). The van der Waals surface area contributed by atoms with Crippen molar-refractivity contribution in [2.24, 2.45) is 0 Å². The van der Waals surface area contributed by atoms with Gasteiger partial charge in [-0.25, -0.2) is 9.37 Å². The lowest BCUT2D eigenvalue weighted by Crippen LogP contribution is -2.06. The molecule has 4 rings (SSSR count). The number of rotatable bonds is 5. The van der Waals surface area contributed by atoms with Crippen LogP contribution in [0.25, 0.3) is 22.4 Å². The van der Waals surface area contributed by atoms with Crippen molar-refractivity contribution in [2.45, 2.75) is 6.42 Å². The van der Waals surface area contributed by atoms with Gasteiger partial charge in [-0.15, -0.1) is 0 Å². The second-order valence-electron chi connectivity index (χ2n) is 5.25. The van der Waals surface area contributed by atoms with Gasteiger partial charge < -0.3 is 9.84 Å². The maximum Gasteiger partial charge on any atom is 0.263 e. The second kappa shape index (κ2) is 6.37. The summed E-state index contributed by atoms with van der Waals surface area (Å²) in [5, 5.41) is 12.3. The number of hydrogen-bond donors (Lipinski definition) is 1. The van der Waals surface area contributed by atoms with Crippen LogP contribution in [0, 0.1) is 5.82 Å². The van der Waals surface area contributed by atoms with Gasteiger partial charge in [-0.1, -0.05) is 5.16 Å². The summed E-state index contributed by atoms with van der Waals surface area (Å²) < 4.78 is 18.4. The number of benzene rings is 1. The highest BCUT2D eigenvalue weighted by molar-refractivity contribution is 7.07. The molecule has 0 aliphatic heterocycles. The zero-order valence-corrected chi connectivity index (χ0v) is 13.4.